The van der Waals surface area contributed by atoms with Crippen LogP contribution in [0.5, 0.6) is 0 Å². The van der Waals surface area contributed by atoms with Gasteiger partial charge in [0.1, 0.15) is 11.3 Å². The minimum Gasteiger partial charge on any atom is -0.444 e. The van der Waals surface area contributed by atoms with Crippen LogP contribution >= 0.6 is 0 Å². The van der Waals surface area contributed by atoms with Gasteiger partial charge in [-0.3, -0.25) is 9.69 Å². The van der Waals surface area contributed by atoms with Crippen LogP contribution in [-0.4, -0.2) is 71.7 Å². The SMILES string of the molecule is Cc1cccc(C(=O)NCCCN2CCN(C(=O)OC(C)(C)C)CC2)n1. The van der Waals surface area contributed by atoms with Crippen molar-refractivity contribution in [3.63, 3.8) is 0 Å². The van der Waals surface area contributed by atoms with Crippen LogP contribution in [0.4, 0.5) is 4.79 Å². The lowest BCUT2D eigenvalue weighted by Crippen LogP contribution is -2.50. The molecule has 1 fully saturated rings. The predicted octanol–water partition coefficient (Wildman–Crippen LogP) is 2.06. The lowest BCUT2D eigenvalue weighted by Gasteiger charge is -2.35. The highest BCUT2D eigenvalue weighted by atomic mass is 16.6. The monoisotopic (exact) mass is 362 g/mol. The molecule has 0 bridgehead atoms. The Kier molecular flexibility index (Phi) is 6.97. The molecule has 7 nitrogen and oxygen atoms in total. The lowest BCUT2D eigenvalue weighted by atomic mass is 10.2. The number of carbonyl (C=O) groups excluding carboxylic acids is 2. The van der Waals surface area contributed by atoms with E-state index in [2.05, 4.69) is 15.2 Å². The molecule has 26 heavy (non-hydrogen) atoms. The summed E-state index contributed by atoms with van der Waals surface area (Å²) in [5.74, 6) is -0.136. The van der Waals surface area contributed by atoms with Crippen molar-refractivity contribution in [2.45, 2.75) is 39.7 Å². The summed E-state index contributed by atoms with van der Waals surface area (Å²) >= 11 is 0. The van der Waals surface area contributed by atoms with Gasteiger partial charge < -0.3 is 15.0 Å². The van der Waals surface area contributed by atoms with Crippen LogP contribution in [0.1, 0.15) is 43.4 Å². The molecule has 0 atom stereocenters. The lowest BCUT2D eigenvalue weighted by molar-refractivity contribution is 0.0144. The zero-order valence-electron chi connectivity index (χ0n) is 16.2. The van der Waals surface area contributed by atoms with Crippen LogP contribution < -0.4 is 5.32 Å². The number of carbonyl (C=O) groups is 2. The Hall–Kier alpha value is -2.15. The molecule has 0 aliphatic carbocycles. The minimum atomic E-state index is -0.460. The van der Waals surface area contributed by atoms with E-state index in [1.165, 1.54) is 0 Å². The van der Waals surface area contributed by atoms with E-state index in [0.29, 0.717) is 25.3 Å². The molecule has 1 N–H and O–H groups in total. The number of piperazine rings is 1. The first-order valence-corrected chi connectivity index (χ1v) is 9.17. The van der Waals surface area contributed by atoms with E-state index in [9.17, 15) is 9.59 Å². The molecule has 1 saturated heterocycles. The van der Waals surface area contributed by atoms with E-state index in [0.717, 1.165) is 31.7 Å². The van der Waals surface area contributed by atoms with Crippen molar-refractivity contribution >= 4 is 12.0 Å². The Bertz CT molecular complexity index is 619. The van der Waals surface area contributed by atoms with E-state index in [4.69, 9.17) is 4.74 Å². The van der Waals surface area contributed by atoms with Gasteiger partial charge in [-0.05, 0) is 52.8 Å². The van der Waals surface area contributed by atoms with Gasteiger partial charge in [0.15, 0.2) is 0 Å². The third kappa shape index (κ3) is 6.63. The molecule has 144 valence electrons. The topological polar surface area (TPSA) is 74.8 Å². The predicted molar refractivity (Wildman–Crippen MR) is 100 cm³/mol. The summed E-state index contributed by atoms with van der Waals surface area (Å²) in [7, 11) is 0. The van der Waals surface area contributed by atoms with Gasteiger partial charge in [-0.15, -0.1) is 0 Å². The maximum atomic E-state index is 12.0. The maximum absolute atomic E-state index is 12.0. The summed E-state index contributed by atoms with van der Waals surface area (Å²) < 4.78 is 5.40. The quantitative estimate of drug-likeness (QED) is 0.812. The Labute approximate surface area is 155 Å². The summed E-state index contributed by atoms with van der Waals surface area (Å²) in [4.78, 5) is 32.4. The third-order valence-electron chi connectivity index (χ3n) is 4.08. The van der Waals surface area contributed by atoms with Gasteiger partial charge in [0.25, 0.3) is 5.91 Å². The van der Waals surface area contributed by atoms with Crippen LogP contribution in [0.3, 0.4) is 0 Å². The number of pyridine rings is 1. The second kappa shape index (κ2) is 8.98. The summed E-state index contributed by atoms with van der Waals surface area (Å²) in [6.07, 6.45) is 0.624. The first-order chi connectivity index (χ1) is 12.2. The average molecular weight is 362 g/mol. The Morgan fingerprint density at radius 1 is 1.19 bits per heavy atom. The number of nitrogens with one attached hydrogen (secondary N) is 1. The molecule has 2 rings (SSSR count). The number of nitrogens with zero attached hydrogens (tertiary/aromatic N) is 3. The molecule has 0 spiro atoms. The zero-order chi connectivity index (χ0) is 19.2. The fraction of sp³-hybridized carbons (Fsp3) is 0.632. The number of hydrogen-bond donors (Lipinski definition) is 1. The van der Waals surface area contributed by atoms with Gasteiger partial charge in [-0.2, -0.15) is 0 Å². The van der Waals surface area contributed by atoms with E-state index in [-0.39, 0.29) is 12.0 Å². The minimum absolute atomic E-state index is 0.136. The molecule has 0 radical (unpaired) electrons. The summed E-state index contributed by atoms with van der Waals surface area (Å²) in [6.45, 7) is 12.0. The molecule has 0 saturated carbocycles. The number of aryl methyl sites for hydroxylation is 1. The molecular formula is C19H30N4O3. The fourth-order valence-electron chi connectivity index (χ4n) is 2.75. The molecule has 2 amide bonds. The second-order valence-electron chi connectivity index (χ2n) is 7.58. The molecule has 1 aliphatic rings. The number of hydrogen-bond acceptors (Lipinski definition) is 5. The van der Waals surface area contributed by atoms with Gasteiger partial charge in [0, 0.05) is 38.4 Å². The number of rotatable bonds is 5. The fourth-order valence-corrected chi connectivity index (χ4v) is 2.75. The van der Waals surface area contributed by atoms with Crippen molar-refractivity contribution in [2.24, 2.45) is 0 Å². The molecule has 1 aromatic rings. The van der Waals surface area contributed by atoms with Crippen molar-refractivity contribution in [2.75, 3.05) is 39.3 Å². The highest BCUT2D eigenvalue weighted by Gasteiger charge is 2.25. The van der Waals surface area contributed by atoms with E-state index in [1.807, 2.05) is 39.8 Å². The Morgan fingerprint density at radius 2 is 1.88 bits per heavy atom. The van der Waals surface area contributed by atoms with Gasteiger partial charge in [0.2, 0.25) is 0 Å². The van der Waals surface area contributed by atoms with Gasteiger partial charge in [-0.25, -0.2) is 9.78 Å². The average Bonchev–Trinajstić information content (AvgIpc) is 2.57. The molecule has 1 aromatic heterocycles. The highest BCUT2D eigenvalue weighted by Crippen LogP contribution is 2.12. The van der Waals surface area contributed by atoms with Crippen LogP contribution in [0.25, 0.3) is 0 Å². The third-order valence-corrected chi connectivity index (χ3v) is 4.08. The zero-order valence-corrected chi connectivity index (χ0v) is 16.2. The van der Waals surface area contributed by atoms with Crippen molar-refractivity contribution in [3.8, 4) is 0 Å². The Balaban J connectivity index is 1.63. The summed E-state index contributed by atoms with van der Waals surface area (Å²) in [5.41, 5.74) is 0.829. The largest absolute Gasteiger partial charge is 0.444 e. The molecule has 0 unspecified atom stereocenters. The van der Waals surface area contributed by atoms with Crippen molar-refractivity contribution < 1.29 is 14.3 Å². The van der Waals surface area contributed by atoms with Crippen molar-refractivity contribution in [1.82, 2.24) is 20.1 Å². The number of ether oxygens (including phenoxy) is 1. The van der Waals surface area contributed by atoms with Crippen LogP contribution in [0.2, 0.25) is 0 Å². The maximum Gasteiger partial charge on any atom is 0.410 e. The van der Waals surface area contributed by atoms with E-state index < -0.39 is 5.60 Å². The van der Waals surface area contributed by atoms with Crippen LogP contribution in [0.15, 0.2) is 18.2 Å². The van der Waals surface area contributed by atoms with Gasteiger partial charge in [0.05, 0.1) is 0 Å². The number of amides is 2. The first kappa shape index (κ1) is 20.2. The molecule has 7 heteroatoms. The van der Waals surface area contributed by atoms with E-state index in [1.54, 1.807) is 11.0 Å². The van der Waals surface area contributed by atoms with Crippen LogP contribution in [0, 0.1) is 6.92 Å². The molecule has 0 aromatic carbocycles. The van der Waals surface area contributed by atoms with E-state index >= 15 is 0 Å². The van der Waals surface area contributed by atoms with Gasteiger partial charge >= 0.3 is 6.09 Å². The first-order valence-electron chi connectivity index (χ1n) is 9.17. The smallest absolute Gasteiger partial charge is 0.410 e. The summed E-state index contributed by atoms with van der Waals surface area (Å²) in [5, 5.41) is 2.91. The molecule has 2 heterocycles. The van der Waals surface area contributed by atoms with Crippen molar-refractivity contribution in [3.05, 3.63) is 29.6 Å². The van der Waals surface area contributed by atoms with Crippen LogP contribution in [-0.2, 0) is 4.74 Å². The molecule has 1 aliphatic heterocycles. The summed E-state index contributed by atoms with van der Waals surface area (Å²) in [6, 6.07) is 5.42. The number of aromatic nitrogens is 1. The normalized spacial score (nSPS) is 15.6. The standard InChI is InChI=1S/C19H30N4O3/c1-15-7-5-8-16(21-15)17(24)20-9-6-10-22-11-13-23(14-12-22)18(25)26-19(2,3)4/h5,7-8H,6,9-14H2,1-4H3,(H,20,24). The Morgan fingerprint density at radius 3 is 2.50 bits per heavy atom. The highest BCUT2D eigenvalue weighted by molar-refractivity contribution is 5.92. The van der Waals surface area contributed by atoms with Gasteiger partial charge in [-0.1, -0.05) is 6.07 Å². The molecular weight excluding hydrogens is 332 g/mol. The van der Waals surface area contributed by atoms with Crippen molar-refractivity contribution in [1.29, 1.82) is 0 Å². The second-order valence-corrected chi connectivity index (χ2v) is 7.58.